The van der Waals surface area contributed by atoms with Crippen LogP contribution >= 0.6 is 0 Å². The number of amides is 2. The second-order valence-corrected chi connectivity index (χ2v) is 6.88. The number of nitrogens with zero attached hydrogens (tertiary/aromatic N) is 1. The number of benzene rings is 1. The van der Waals surface area contributed by atoms with E-state index in [0.29, 0.717) is 0 Å². The largest absolute Gasteiger partial charge is 0.444 e. The molecule has 1 aromatic carbocycles. The van der Waals surface area contributed by atoms with Gasteiger partial charge in [-0.1, -0.05) is 30.3 Å². The molecule has 3 N–H and O–H groups in total. The molecule has 2 rings (SSSR count). The van der Waals surface area contributed by atoms with Gasteiger partial charge >= 0.3 is 6.09 Å². The summed E-state index contributed by atoms with van der Waals surface area (Å²) >= 11 is 0. The number of carbonyl (C=O) groups is 2. The van der Waals surface area contributed by atoms with E-state index >= 15 is 0 Å². The Morgan fingerprint density at radius 2 is 1.88 bits per heavy atom. The van der Waals surface area contributed by atoms with Crippen LogP contribution in [0.3, 0.4) is 0 Å². The normalized spacial score (nSPS) is 23.4. The first kappa shape index (κ1) is 19.2. The number of β-amino-alcohol motifs (C(OH)–C–C–N with tert-alkyl or cyclic N) is 1. The third kappa shape index (κ3) is 5.15. The highest BCUT2D eigenvalue weighted by molar-refractivity contribution is 5.86. The lowest BCUT2D eigenvalue weighted by Crippen LogP contribution is -2.51. The third-order valence-corrected chi connectivity index (χ3v) is 3.59. The van der Waals surface area contributed by atoms with Crippen LogP contribution in [0.4, 0.5) is 4.79 Å². The van der Waals surface area contributed by atoms with Gasteiger partial charge in [0, 0.05) is 0 Å². The van der Waals surface area contributed by atoms with Crippen molar-refractivity contribution in [1.82, 2.24) is 10.4 Å². The van der Waals surface area contributed by atoms with Crippen LogP contribution in [-0.2, 0) is 21.0 Å². The van der Waals surface area contributed by atoms with Gasteiger partial charge in [0.05, 0.1) is 13.2 Å². The molecule has 0 saturated carbocycles. The molecule has 138 valence electrons. The fourth-order valence-electron chi connectivity index (χ4n) is 2.45. The van der Waals surface area contributed by atoms with Crippen LogP contribution in [0.5, 0.6) is 0 Å². The highest BCUT2D eigenvalue weighted by Gasteiger charge is 2.48. The Morgan fingerprint density at radius 3 is 2.48 bits per heavy atom. The molecule has 0 unspecified atom stereocenters. The molecule has 0 radical (unpaired) electrons. The zero-order valence-corrected chi connectivity index (χ0v) is 14.5. The van der Waals surface area contributed by atoms with Crippen molar-refractivity contribution in [2.75, 3.05) is 6.54 Å². The maximum atomic E-state index is 12.3. The van der Waals surface area contributed by atoms with Crippen LogP contribution < -0.4 is 5.48 Å². The Kier molecular flexibility index (Phi) is 5.99. The lowest BCUT2D eigenvalue weighted by molar-refractivity contribution is -0.142. The van der Waals surface area contributed by atoms with Gasteiger partial charge in [-0.05, 0) is 26.3 Å². The minimum atomic E-state index is -1.42. The summed E-state index contributed by atoms with van der Waals surface area (Å²) in [4.78, 5) is 30.7. The van der Waals surface area contributed by atoms with Crippen molar-refractivity contribution in [1.29, 1.82) is 0 Å². The molecule has 1 aliphatic rings. The Bertz CT molecular complexity index is 601. The van der Waals surface area contributed by atoms with E-state index in [0.717, 1.165) is 10.5 Å². The van der Waals surface area contributed by atoms with E-state index in [-0.39, 0.29) is 13.2 Å². The van der Waals surface area contributed by atoms with Crippen molar-refractivity contribution in [2.24, 2.45) is 0 Å². The molecule has 1 aromatic rings. The van der Waals surface area contributed by atoms with Gasteiger partial charge < -0.3 is 14.9 Å². The standard InChI is InChI=1S/C17H24N2O6/c1-17(2,3)25-16(23)19-9-12(20)14(21)13(19)15(22)18-24-10-11-7-5-4-6-8-11/h4-8,12-14,20-21H,9-10H2,1-3H3,(H,18,22)/t12-,13-,14-/m0/s1. The smallest absolute Gasteiger partial charge is 0.411 e. The lowest BCUT2D eigenvalue weighted by atomic mass is 10.1. The predicted molar refractivity (Wildman–Crippen MR) is 88.1 cm³/mol. The van der Waals surface area contributed by atoms with Gasteiger partial charge in [-0.2, -0.15) is 0 Å². The monoisotopic (exact) mass is 352 g/mol. The van der Waals surface area contributed by atoms with Crippen LogP contribution in [0, 0.1) is 0 Å². The second kappa shape index (κ2) is 7.81. The first-order chi connectivity index (χ1) is 11.7. The Morgan fingerprint density at radius 1 is 1.24 bits per heavy atom. The van der Waals surface area contributed by atoms with E-state index in [1.165, 1.54) is 0 Å². The van der Waals surface area contributed by atoms with Gasteiger partial charge in [0.15, 0.2) is 0 Å². The second-order valence-electron chi connectivity index (χ2n) is 6.88. The number of hydrogen-bond acceptors (Lipinski definition) is 6. The fraction of sp³-hybridized carbons (Fsp3) is 0.529. The molecule has 1 aliphatic heterocycles. The van der Waals surface area contributed by atoms with Crippen LogP contribution in [0.15, 0.2) is 30.3 Å². The number of carbonyl (C=O) groups excluding carboxylic acids is 2. The lowest BCUT2D eigenvalue weighted by Gasteiger charge is -2.28. The van der Waals surface area contributed by atoms with E-state index < -0.39 is 35.9 Å². The van der Waals surface area contributed by atoms with E-state index in [4.69, 9.17) is 9.57 Å². The summed E-state index contributed by atoms with van der Waals surface area (Å²) in [6.07, 6.45) is -3.45. The summed E-state index contributed by atoms with van der Waals surface area (Å²) in [5, 5.41) is 19.9. The number of aliphatic hydroxyl groups is 2. The molecule has 1 heterocycles. The van der Waals surface area contributed by atoms with E-state index in [1.807, 2.05) is 30.3 Å². The Balaban J connectivity index is 1.97. The summed E-state index contributed by atoms with van der Waals surface area (Å²) < 4.78 is 5.22. The number of hydrogen-bond donors (Lipinski definition) is 3. The summed E-state index contributed by atoms with van der Waals surface area (Å²) in [6, 6.07) is 7.89. The van der Waals surface area contributed by atoms with Crippen molar-refractivity contribution >= 4 is 12.0 Å². The number of likely N-dealkylation sites (tertiary alicyclic amines) is 1. The molecule has 2 amide bonds. The number of aliphatic hydroxyl groups excluding tert-OH is 2. The fourth-order valence-corrected chi connectivity index (χ4v) is 2.45. The number of nitrogens with one attached hydrogen (secondary N) is 1. The van der Waals surface area contributed by atoms with Crippen LogP contribution in [0.1, 0.15) is 26.3 Å². The maximum Gasteiger partial charge on any atom is 0.411 e. The highest BCUT2D eigenvalue weighted by Crippen LogP contribution is 2.22. The SMILES string of the molecule is CC(C)(C)OC(=O)N1C[C@H](O)[C@H](O)[C@H]1C(=O)NOCc1ccccc1. The quantitative estimate of drug-likeness (QED) is 0.684. The topological polar surface area (TPSA) is 108 Å². The molecule has 25 heavy (non-hydrogen) atoms. The first-order valence-corrected chi connectivity index (χ1v) is 8.00. The van der Waals surface area contributed by atoms with Crippen molar-refractivity contribution in [3.8, 4) is 0 Å². The molecule has 0 bridgehead atoms. The zero-order chi connectivity index (χ0) is 18.6. The first-order valence-electron chi connectivity index (χ1n) is 8.00. The van der Waals surface area contributed by atoms with E-state index in [1.54, 1.807) is 20.8 Å². The van der Waals surface area contributed by atoms with E-state index in [9.17, 15) is 19.8 Å². The van der Waals surface area contributed by atoms with Gasteiger partial charge in [0.1, 0.15) is 23.9 Å². The van der Waals surface area contributed by atoms with Crippen LogP contribution in [0.2, 0.25) is 0 Å². The molecular weight excluding hydrogens is 328 g/mol. The van der Waals surface area contributed by atoms with Gasteiger partial charge in [0.2, 0.25) is 0 Å². The molecule has 0 aromatic heterocycles. The minimum Gasteiger partial charge on any atom is -0.444 e. The highest BCUT2D eigenvalue weighted by atomic mass is 16.7. The molecule has 8 heteroatoms. The molecule has 0 aliphatic carbocycles. The summed E-state index contributed by atoms with van der Waals surface area (Å²) in [5.74, 6) is -0.731. The summed E-state index contributed by atoms with van der Waals surface area (Å²) in [6.45, 7) is 4.99. The van der Waals surface area contributed by atoms with Gasteiger partial charge in [-0.15, -0.1) is 0 Å². The molecule has 8 nitrogen and oxygen atoms in total. The molecular formula is C17H24N2O6. The number of rotatable bonds is 4. The van der Waals surface area contributed by atoms with Crippen molar-refractivity contribution < 1.29 is 29.4 Å². The molecule has 1 saturated heterocycles. The average molecular weight is 352 g/mol. The molecule has 0 spiro atoms. The predicted octanol–water partition coefficient (Wildman–Crippen LogP) is 0.576. The van der Waals surface area contributed by atoms with Crippen LogP contribution in [0.25, 0.3) is 0 Å². The third-order valence-electron chi connectivity index (χ3n) is 3.59. The summed E-state index contributed by atoms with van der Waals surface area (Å²) in [5.41, 5.74) is 2.29. The van der Waals surface area contributed by atoms with Gasteiger partial charge in [0.25, 0.3) is 5.91 Å². The number of hydroxylamine groups is 1. The average Bonchev–Trinajstić information content (AvgIpc) is 2.82. The van der Waals surface area contributed by atoms with Crippen LogP contribution in [-0.4, -0.2) is 57.5 Å². The summed E-state index contributed by atoms with van der Waals surface area (Å²) in [7, 11) is 0. The molecule has 3 atom stereocenters. The zero-order valence-electron chi connectivity index (χ0n) is 14.5. The number of ether oxygens (including phenoxy) is 1. The van der Waals surface area contributed by atoms with E-state index in [2.05, 4.69) is 5.48 Å². The Labute approximate surface area is 146 Å². The van der Waals surface area contributed by atoms with Gasteiger partial charge in [-0.3, -0.25) is 14.5 Å². The molecule has 1 fully saturated rings. The van der Waals surface area contributed by atoms with Crippen molar-refractivity contribution in [3.63, 3.8) is 0 Å². The Hall–Kier alpha value is -2.16. The minimum absolute atomic E-state index is 0.129. The van der Waals surface area contributed by atoms with Crippen molar-refractivity contribution in [2.45, 2.75) is 51.2 Å². The maximum absolute atomic E-state index is 12.3. The van der Waals surface area contributed by atoms with Crippen molar-refractivity contribution in [3.05, 3.63) is 35.9 Å². The van der Waals surface area contributed by atoms with Gasteiger partial charge in [-0.25, -0.2) is 10.3 Å².